The number of nitrogens with two attached hydrogens (primary N) is 1. The minimum absolute atomic E-state index is 0.345. The van der Waals surface area contributed by atoms with Gasteiger partial charge in [-0.2, -0.15) is 0 Å². The molecule has 14 heavy (non-hydrogen) atoms. The summed E-state index contributed by atoms with van der Waals surface area (Å²) < 4.78 is 0. The second-order valence-corrected chi connectivity index (χ2v) is 5.53. The Kier molecular flexibility index (Phi) is 4.00. The lowest BCUT2D eigenvalue weighted by Crippen LogP contribution is -2.39. The van der Waals surface area contributed by atoms with E-state index in [-0.39, 0.29) is 0 Å². The van der Waals surface area contributed by atoms with Gasteiger partial charge in [0, 0.05) is 6.04 Å². The Morgan fingerprint density at radius 1 is 1.43 bits per heavy atom. The number of rotatable bonds is 4. The normalized spacial score (nSPS) is 37.1. The maximum atomic E-state index is 6.06. The van der Waals surface area contributed by atoms with Crippen molar-refractivity contribution in [1.29, 1.82) is 0 Å². The molecule has 0 heterocycles. The second-order valence-electron chi connectivity index (χ2n) is 5.53. The first-order valence-electron chi connectivity index (χ1n) is 6.28. The van der Waals surface area contributed by atoms with Crippen molar-refractivity contribution in [2.75, 3.05) is 0 Å². The van der Waals surface area contributed by atoms with Crippen LogP contribution in [0.2, 0.25) is 0 Å². The largest absolute Gasteiger partial charge is 0.328 e. The van der Waals surface area contributed by atoms with Gasteiger partial charge in [0.2, 0.25) is 0 Å². The fourth-order valence-corrected chi connectivity index (χ4v) is 3.29. The molecule has 1 rings (SSSR count). The van der Waals surface area contributed by atoms with Crippen LogP contribution in [0.25, 0.3) is 0 Å². The molecule has 84 valence electrons. The van der Waals surface area contributed by atoms with Gasteiger partial charge in [0.25, 0.3) is 0 Å². The molecule has 0 aromatic carbocycles. The van der Waals surface area contributed by atoms with Crippen LogP contribution >= 0.6 is 0 Å². The average Bonchev–Trinajstić information content (AvgIpc) is 2.49. The summed E-state index contributed by atoms with van der Waals surface area (Å²) in [4.78, 5) is 0. The molecule has 2 N–H and O–H groups in total. The lowest BCUT2D eigenvalue weighted by Gasteiger charge is -2.39. The highest BCUT2D eigenvalue weighted by Crippen LogP contribution is 2.50. The van der Waals surface area contributed by atoms with Crippen molar-refractivity contribution in [3.8, 4) is 0 Å². The summed E-state index contributed by atoms with van der Waals surface area (Å²) >= 11 is 0. The van der Waals surface area contributed by atoms with Gasteiger partial charge in [0.1, 0.15) is 0 Å². The van der Waals surface area contributed by atoms with E-state index in [9.17, 15) is 0 Å². The van der Waals surface area contributed by atoms with Crippen LogP contribution in [0.4, 0.5) is 0 Å². The van der Waals surface area contributed by atoms with E-state index in [1.54, 1.807) is 0 Å². The number of hydrogen-bond acceptors (Lipinski definition) is 1. The van der Waals surface area contributed by atoms with Gasteiger partial charge in [-0.1, -0.05) is 40.0 Å². The predicted molar refractivity (Wildman–Crippen MR) is 63.2 cm³/mol. The van der Waals surface area contributed by atoms with Crippen LogP contribution in [0, 0.1) is 17.3 Å². The quantitative estimate of drug-likeness (QED) is 0.732. The van der Waals surface area contributed by atoms with Gasteiger partial charge in [-0.15, -0.1) is 0 Å². The highest BCUT2D eigenvalue weighted by Gasteiger charge is 2.42. The Morgan fingerprint density at radius 3 is 2.57 bits per heavy atom. The van der Waals surface area contributed by atoms with Gasteiger partial charge >= 0.3 is 0 Å². The van der Waals surface area contributed by atoms with Gasteiger partial charge < -0.3 is 5.73 Å². The van der Waals surface area contributed by atoms with Crippen LogP contribution in [0.15, 0.2) is 0 Å². The lowest BCUT2D eigenvalue weighted by atomic mass is 9.67. The average molecular weight is 197 g/mol. The Hall–Kier alpha value is -0.0400. The minimum atomic E-state index is 0.345. The lowest BCUT2D eigenvalue weighted by molar-refractivity contribution is 0.111. The van der Waals surface area contributed by atoms with E-state index < -0.39 is 0 Å². The molecular weight excluding hydrogens is 170 g/mol. The van der Waals surface area contributed by atoms with E-state index >= 15 is 0 Å². The Labute approximate surface area is 89.5 Å². The Morgan fingerprint density at radius 2 is 2.07 bits per heavy atom. The molecule has 1 aliphatic carbocycles. The SMILES string of the molecule is CCCC1CCCC1(C)C(C)C(C)N. The molecule has 0 saturated heterocycles. The van der Waals surface area contributed by atoms with E-state index in [1.165, 1.54) is 32.1 Å². The van der Waals surface area contributed by atoms with E-state index in [4.69, 9.17) is 5.73 Å². The van der Waals surface area contributed by atoms with Crippen molar-refractivity contribution >= 4 is 0 Å². The van der Waals surface area contributed by atoms with E-state index in [0.29, 0.717) is 17.4 Å². The fourth-order valence-electron chi connectivity index (χ4n) is 3.29. The maximum Gasteiger partial charge on any atom is 0.00414 e. The second kappa shape index (κ2) is 4.65. The maximum absolute atomic E-state index is 6.06. The topological polar surface area (TPSA) is 26.0 Å². The van der Waals surface area contributed by atoms with Gasteiger partial charge in [-0.05, 0) is 37.0 Å². The molecule has 0 spiro atoms. The summed E-state index contributed by atoms with van der Waals surface area (Å²) in [5, 5.41) is 0. The van der Waals surface area contributed by atoms with Crippen LogP contribution in [0.3, 0.4) is 0 Å². The molecule has 0 amide bonds. The van der Waals surface area contributed by atoms with Crippen molar-refractivity contribution in [2.24, 2.45) is 23.0 Å². The van der Waals surface area contributed by atoms with E-state index in [0.717, 1.165) is 5.92 Å². The van der Waals surface area contributed by atoms with E-state index in [1.807, 2.05) is 0 Å². The summed E-state index contributed by atoms with van der Waals surface area (Å²) in [6, 6.07) is 0.345. The summed E-state index contributed by atoms with van der Waals surface area (Å²) in [6.07, 6.45) is 6.96. The molecule has 0 bridgehead atoms. The zero-order valence-electron chi connectivity index (χ0n) is 10.3. The molecule has 0 radical (unpaired) electrons. The molecule has 4 unspecified atom stereocenters. The van der Waals surface area contributed by atoms with Gasteiger partial charge in [0.05, 0.1) is 0 Å². The molecule has 1 nitrogen and oxygen atoms in total. The predicted octanol–water partition coefficient (Wildman–Crippen LogP) is 3.58. The molecule has 0 aromatic heterocycles. The first-order chi connectivity index (χ1) is 6.52. The number of hydrogen-bond donors (Lipinski definition) is 1. The van der Waals surface area contributed by atoms with Crippen LogP contribution < -0.4 is 5.73 Å². The van der Waals surface area contributed by atoms with Crippen molar-refractivity contribution in [1.82, 2.24) is 0 Å². The molecule has 1 heteroatoms. The van der Waals surface area contributed by atoms with Gasteiger partial charge in [-0.3, -0.25) is 0 Å². The molecule has 1 aliphatic rings. The Bertz CT molecular complexity index is 176. The van der Waals surface area contributed by atoms with Crippen LogP contribution in [-0.2, 0) is 0 Å². The summed E-state index contributed by atoms with van der Waals surface area (Å²) in [7, 11) is 0. The molecule has 1 fully saturated rings. The Balaban J connectivity index is 2.69. The molecule has 4 atom stereocenters. The molecule has 0 aromatic rings. The first kappa shape index (κ1) is 12.0. The summed E-state index contributed by atoms with van der Waals surface area (Å²) in [5.74, 6) is 1.59. The van der Waals surface area contributed by atoms with Gasteiger partial charge in [-0.25, -0.2) is 0 Å². The highest BCUT2D eigenvalue weighted by molar-refractivity contribution is 4.94. The monoisotopic (exact) mass is 197 g/mol. The molecule has 1 saturated carbocycles. The van der Waals surface area contributed by atoms with E-state index in [2.05, 4.69) is 27.7 Å². The van der Waals surface area contributed by atoms with Crippen molar-refractivity contribution in [3.63, 3.8) is 0 Å². The molecule has 0 aliphatic heterocycles. The van der Waals surface area contributed by atoms with Crippen LogP contribution in [0.5, 0.6) is 0 Å². The van der Waals surface area contributed by atoms with Crippen molar-refractivity contribution < 1.29 is 0 Å². The molecular formula is C13H27N. The van der Waals surface area contributed by atoms with Crippen molar-refractivity contribution in [3.05, 3.63) is 0 Å². The fraction of sp³-hybridized carbons (Fsp3) is 1.00. The standard InChI is InChI=1S/C13H27N/c1-5-7-12-8-6-9-13(12,4)10(2)11(3)14/h10-12H,5-9,14H2,1-4H3. The third kappa shape index (κ3) is 2.13. The smallest absolute Gasteiger partial charge is 0.00414 e. The third-order valence-electron chi connectivity index (χ3n) is 4.67. The van der Waals surface area contributed by atoms with Crippen LogP contribution in [-0.4, -0.2) is 6.04 Å². The van der Waals surface area contributed by atoms with Gasteiger partial charge in [0.15, 0.2) is 0 Å². The minimum Gasteiger partial charge on any atom is -0.328 e. The third-order valence-corrected chi connectivity index (χ3v) is 4.67. The zero-order valence-corrected chi connectivity index (χ0v) is 10.3. The summed E-state index contributed by atoms with van der Waals surface area (Å²) in [5.41, 5.74) is 6.58. The zero-order chi connectivity index (χ0) is 10.8. The van der Waals surface area contributed by atoms with Crippen LogP contribution in [0.1, 0.15) is 59.8 Å². The van der Waals surface area contributed by atoms with Crippen molar-refractivity contribution in [2.45, 2.75) is 65.8 Å². The first-order valence-corrected chi connectivity index (χ1v) is 6.28. The highest BCUT2D eigenvalue weighted by atomic mass is 14.7. The summed E-state index contributed by atoms with van der Waals surface area (Å²) in [6.45, 7) is 9.28.